The lowest BCUT2D eigenvalue weighted by Gasteiger charge is -2.42. The number of rotatable bonds is 5. The Labute approximate surface area is 126 Å². The summed E-state index contributed by atoms with van der Waals surface area (Å²) in [4.78, 5) is 12.2. The monoisotopic (exact) mass is 327 g/mol. The highest BCUT2D eigenvalue weighted by atomic mass is 19.4. The second-order valence-electron chi connectivity index (χ2n) is 6.26. The van der Waals surface area contributed by atoms with Gasteiger partial charge < -0.3 is 9.84 Å². The first-order valence-electron chi connectivity index (χ1n) is 6.90. The molecule has 0 aromatic heterocycles. The number of esters is 1. The molecule has 8 heteroatoms. The van der Waals surface area contributed by atoms with Gasteiger partial charge in [0, 0.05) is 6.54 Å². The third-order valence-electron chi connectivity index (χ3n) is 3.81. The summed E-state index contributed by atoms with van der Waals surface area (Å²) in [5, 5.41) is 10.4. The Kier molecular flexibility index (Phi) is 5.61. The van der Waals surface area contributed by atoms with Crippen molar-refractivity contribution in [2.75, 3.05) is 20.1 Å². The average Bonchev–Trinajstić information content (AvgIpc) is 2.31. The number of aliphatic hydroxyl groups is 1. The van der Waals surface area contributed by atoms with E-state index in [0.29, 0.717) is 0 Å². The van der Waals surface area contributed by atoms with Crippen LogP contribution in [0.15, 0.2) is 12.4 Å². The highest BCUT2D eigenvalue weighted by Gasteiger charge is 2.43. The first-order valence-corrected chi connectivity index (χ1v) is 6.90. The summed E-state index contributed by atoms with van der Waals surface area (Å²) in [6, 6.07) is 0. The first-order chi connectivity index (χ1) is 9.84. The van der Waals surface area contributed by atoms with Crippen LogP contribution >= 0.6 is 0 Å². The predicted molar refractivity (Wildman–Crippen MR) is 71.7 cm³/mol. The molecule has 1 saturated carbocycles. The van der Waals surface area contributed by atoms with Gasteiger partial charge in [0.2, 0.25) is 5.83 Å². The van der Waals surface area contributed by atoms with Gasteiger partial charge in [0.25, 0.3) is 0 Å². The highest BCUT2D eigenvalue weighted by molar-refractivity contribution is 5.85. The number of ether oxygens (including phenoxy) is 1. The summed E-state index contributed by atoms with van der Waals surface area (Å²) in [7, 11) is 1.28. The van der Waals surface area contributed by atoms with Crippen LogP contribution in [0, 0.1) is 0 Å². The van der Waals surface area contributed by atoms with Gasteiger partial charge >= 0.3 is 12.1 Å². The molecule has 1 aliphatic rings. The third kappa shape index (κ3) is 5.92. The molecule has 128 valence electrons. The Bertz CT molecular complexity index is 428. The van der Waals surface area contributed by atoms with Gasteiger partial charge in [-0.3, -0.25) is 4.90 Å². The fraction of sp³-hybridized carbons (Fsp3) is 0.786. The van der Waals surface area contributed by atoms with Crippen LogP contribution in [0.1, 0.15) is 32.6 Å². The van der Waals surface area contributed by atoms with E-state index >= 15 is 0 Å². The number of hydrogen-bond acceptors (Lipinski definition) is 4. The lowest BCUT2D eigenvalue weighted by Crippen LogP contribution is -2.50. The minimum Gasteiger partial charge on any atom is -0.454 e. The molecule has 0 aromatic rings. The molecule has 1 aliphatic carbocycles. The summed E-state index contributed by atoms with van der Waals surface area (Å²) in [5.41, 5.74) is -2.22. The van der Waals surface area contributed by atoms with Crippen molar-refractivity contribution in [3.63, 3.8) is 0 Å². The van der Waals surface area contributed by atoms with Gasteiger partial charge in [-0.1, -0.05) is 6.58 Å². The molecule has 1 N–H and O–H groups in total. The molecular formula is C14H21F4NO3. The molecule has 0 aliphatic heterocycles. The van der Waals surface area contributed by atoms with Crippen molar-refractivity contribution in [3.05, 3.63) is 12.4 Å². The van der Waals surface area contributed by atoms with Crippen molar-refractivity contribution < 1.29 is 32.2 Å². The number of carbonyl (C=O) groups excluding carboxylic acids is 1. The fourth-order valence-electron chi connectivity index (χ4n) is 2.65. The molecule has 0 aromatic carbocycles. The van der Waals surface area contributed by atoms with Gasteiger partial charge in [0.05, 0.1) is 12.1 Å². The third-order valence-corrected chi connectivity index (χ3v) is 3.81. The second-order valence-corrected chi connectivity index (χ2v) is 6.26. The minimum absolute atomic E-state index is 0.133. The van der Waals surface area contributed by atoms with E-state index < -0.39 is 35.7 Å². The van der Waals surface area contributed by atoms with E-state index in [1.54, 1.807) is 6.92 Å². The van der Waals surface area contributed by atoms with Crippen LogP contribution in [-0.2, 0) is 9.53 Å². The van der Waals surface area contributed by atoms with E-state index in [-0.39, 0.29) is 32.2 Å². The molecule has 1 rings (SSSR count). The van der Waals surface area contributed by atoms with Crippen LogP contribution in [0.25, 0.3) is 0 Å². The molecule has 0 bridgehead atoms. The first kappa shape index (κ1) is 18.9. The van der Waals surface area contributed by atoms with Gasteiger partial charge in [-0.25, -0.2) is 4.79 Å². The molecule has 1 fully saturated rings. The molecule has 0 unspecified atom stereocenters. The zero-order valence-electron chi connectivity index (χ0n) is 12.7. The molecule has 4 nitrogen and oxygen atoms in total. The number of carbonyl (C=O) groups is 1. The smallest absolute Gasteiger partial charge is 0.401 e. The van der Waals surface area contributed by atoms with Crippen LogP contribution in [0.3, 0.4) is 0 Å². The van der Waals surface area contributed by atoms with Gasteiger partial charge in [-0.05, 0) is 39.7 Å². The second kappa shape index (κ2) is 6.54. The largest absolute Gasteiger partial charge is 0.454 e. The number of likely N-dealkylation sites (N-methyl/N-ethyl adjacent to an activating group) is 1. The van der Waals surface area contributed by atoms with E-state index in [2.05, 4.69) is 6.58 Å². The van der Waals surface area contributed by atoms with E-state index in [4.69, 9.17) is 4.74 Å². The van der Waals surface area contributed by atoms with Crippen LogP contribution in [0.4, 0.5) is 17.6 Å². The summed E-state index contributed by atoms with van der Waals surface area (Å²) in [6.07, 6.45) is -3.52. The van der Waals surface area contributed by atoms with Gasteiger partial charge in [-0.2, -0.15) is 17.6 Å². The van der Waals surface area contributed by atoms with Gasteiger partial charge in [0.15, 0.2) is 0 Å². The van der Waals surface area contributed by atoms with Crippen LogP contribution < -0.4 is 0 Å². The van der Waals surface area contributed by atoms with E-state index in [1.807, 2.05) is 0 Å². The normalized spacial score (nSPS) is 29.5. The summed E-state index contributed by atoms with van der Waals surface area (Å²) < 4.78 is 54.6. The zero-order chi connectivity index (χ0) is 17.2. The van der Waals surface area contributed by atoms with Crippen LogP contribution in [0.5, 0.6) is 0 Å². The van der Waals surface area contributed by atoms with Crippen molar-refractivity contribution in [2.45, 2.75) is 50.0 Å². The molecule has 0 radical (unpaired) electrons. The van der Waals surface area contributed by atoms with Crippen molar-refractivity contribution in [1.29, 1.82) is 0 Å². The summed E-state index contributed by atoms with van der Waals surface area (Å²) in [5.74, 6) is -2.35. The summed E-state index contributed by atoms with van der Waals surface area (Å²) >= 11 is 0. The Morgan fingerprint density at radius 2 is 1.82 bits per heavy atom. The Morgan fingerprint density at radius 3 is 2.23 bits per heavy atom. The molecule has 0 heterocycles. The standard InChI is InChI=1S/C14H21F4NO3/c1-10(15)11(20)22-12(2)4-6-13(21,7-5-12)8-19(3)9-14(16,17)18/h21H,1,4-9H2,2-3H3. The quantitative estimate of drug-likeness (QED) is 0.479. The summed E-state index contributed by atoms with van der Waals surface area (Å²) in [6.45, 7) is 3.21. The molecule has 0 spiro atoms. The average molecular weight is 327 g/mol. The Hall–Kier alpha value is -1.15. The SMILES string of the molecule is C=C(F)C(=O)OC1(C)CCC(O)(CN(C)CC(F)(F)F)CC1. The maximum atomic E-state index is 12.7. The van der Waals surface area contributed by atoms with E-state index in [1.165, 1.54) is 7.05 Å². The highest BCUT2D eigenvalue weighted by Crippen LogP contribution is 2.38. The number of hydrogen-bond donors (Lipinski definition) is 1. The van der Waals surface area contributed by atoms with Crippen LogP contribution in [0.2, 0.25) is 0 Å². The minimum atomic E-state index is -4.33. The van der Waals surface area contributed by atoms with E-state index in [9.17, 15) is 27.5 Å². The van der Waals surface area contributed by atoms with Crippen molar-refractivity contribution in [2.24, 2.45) is 0 Å². The Balaban J connectivity index is 2.55. The fourth-order valence-corrected chi connectivity index (χ4v) is 2.65. The maximum absolute atomic E-state index is 12.7. The van der Waals surface area contributed by atoms with E-state index in [0.717, 1.165) is 4.90 Å². The molecule has 0 amide bonds. The maximum Gasteiger partial charge on any atom is 0.401 e. The number of halogens is 4. The van der Waals surface area contributed by atoms with Crippen molar-refractivity contribution in [3.8, 4) is 0 Å². The van der Waals surface area contributed by atoms with Gasteiger partial charge in [-0.15, -0.1) is 0 Å². The molecular weight excluding hydrogens is 306 g/mol. The zero-order valence-corrected chi connectivity index (χ0v) is 12.7. The number of nitrogens with zero attached hydrogens (tertiary/aromatic N) is 1. The molecule has 22 heavy (non-hydrogen) atoms. The lowest BCUT2D eigenvalue weighted by atomic mass is 9.76. The Morgan fingerprint density at radius 1 is 1.32 bits per heavy atom. The topological polar surface area (TPSA) is 49.8 Å². The van der Waals surface area contributed by atoms with Gasteiger partial charge in [0.1, 0.15) is 5.60 Å². The molecule has 0 atom stereocenters. The number of alkyl halides is 3. The van der Waals surface area contributed by atoms with Crippen molar-refractivity contribution in [1.82, 2.24) is 4.90 Å². The van der Waals surface area contributed by atoms with Crippen LogP contribution in [-0.4, -0.2) is 53.5 Å². The molecule has 0 saturated heterocycles. The predicted octanol–water partition coefficient (Wildman–Crippen LogP) is 2.57. The lowest BCUT2D eigenvalue weighted by molar-refractivity contribution is -0.169. The van der Waals surface area contributed by atoms with Crippen molar-refractivity contribution >= 4 is 5.97 Å².